The van der Waals surface area contributed by atoms with Crippen LogP contribution in [0.4, 0.5) is 0 Å². The first-order valence-corrected chi connectivity index (χ1v) is 9.11. The molecule has 0 N–H and O–H groups in total. The Balaban J connectivity index is 1.40. The van der Waals surface area contributed by atoms with Crippen molar-refractivity contribution in [3.05, 3.63) is 54.1 Å². The van der Waals surface area contributed by atoms with Gasteiger partial charge >= 0.3 is 0 Å². The fourth-order valence-electron chi connectivity index (χ4n) is 3.06. The van der Waals surface area contributed by atoms with E-state index < -0.39 is 0 Å². The van der Waals surface area contributed by atoms with Crippen molar-refractivity contribution in [2.75, 3.05) is 19.7 Å². The molecule has 1 aromatic heterocycles. The van der Waals surface area contributed by atoms with Gasteiger partial charge in [0.2, 0.25) is 5.82 Å². The molecule has 1 amide bonds. The van der Waals surface area contributed by atoms with Crippen molar-refractivity contribution in [2.24, 2.45) is 0 Å². The van der Waals surface area contributed by atoms with Gasteiger partial charge in [-0.1, -0.05) is 35.0 Å². The second kappa shape index (κ2) is 7.61. The van der Waals surface area contributed by atoms with E-state index in [-0.39, 0.29) is 12.5 Å². The van der Waals surface area contributed by atoms with Crippen LogP contribution in [0.3, 0.4) is 0 Å². The van der Waals surface area contributed by atoms with Crippen molar-refractivity contribution >= 4 is 5.91 Å². The highest BCUT2D eigenvalue weighted by atomic mass is 16.5. The number of carbonyl (C=O) groups excluding carboxylic acids is 1. The van der Waals surface area contributed by atoms with Crippen LogP contribution >= 0.6 is 0 Å². The van der Waals surface area contributed by atoms with E-state index >= 15 is 0 Å². The molecule has 0 aliphatic carbocycles. The first kappa shape index (κ1) is 17.3. The Labute approximate surface area is 157 Å². The number of ether oxygens (including phenoxy) is 1. The molecule has 138 valence electrons. The van der Waals surface area contributed by atoms with Crippen LogP contribution in [0.25, 0.3) is 22.8 Å². The molecule has 2 aromatic carbocycles. The van der Waals surface area contributed by atoms with Gasteiger partial charge in [0.1, 0.15) is 5.75 Å². The summed E-state index contributed by atoms with van der Waals surface area (Å²) >= 11 is 0. The summed E-state index contributed by atoms with van der Waals surface area (Å²) in [4.78, 5) is 18.3. The first-order chi connectivity index (χ1) is 13.2. The predicted molar refractivity (Wildman–Crippen MR) is 101 cm³/mol. The molecular weight excluding hydrogens is 342 g/mol. The molecule has 1 aliphatic heterocycles. The summed E-state index contributed by atoms with van der Waals surface area (Å²) < 4.78 is 11.0. The highest BCUT2D eigenvalue weighted by Crippen LogP contribution is 2.24. The van der Waals surface area contributed by atoms with Crippen LogP contribution in [0.1, 0.15) is 18.4 Å². The minimum atomic E-state index is 0.0382. The third-order valence-electron chi connectivity index (χ3n) is 4.66. The highest BCUT2D eigenvalue weighted by Gasteiger charge is 2.18. The van der Waals surface area contributed by atoms with E-state index in [4.69, 9.17) is 9.26 Å². The highest BCUT2D eigenvalue weighted by molar-refractivity contribution is 5.78. The second-order valence-corrected chi connectivity index (χ2v) is 6.69. The molecule has 0 bridgehead atoms. The summed E-state index contributed by atoms with van der Waals surface area (Å²) in [6.45, 7) is 3.77. The molecule has 1 saturated heterocycles. The lowest BCUT2D eigenvalue weighted by molar-refractivity contribution is -0.132. The van der Waals surface area contributed by atoms with E-state index in [1.807, 2.05) is 60.4 Å². The lowest BCUT2D eigenvalue weighted by Crippen LogP contribution is -2.32. The van der Waals surface area contributed by atoms with Gasteiger partial charge in [0.15, 0.2) is 6.61 Å². The number of hydrogen-bond donors (Lipinski definition) is 0. The number of nitrogens with zero attached hydrogens (tertiary/aromatic N) is 3. The maximum atomic E-state index is 12.0. The quantitative estimate of drug-likeness (QED) is 0.691. The van der Waals surface area contributed by atoms with Crippen molar-refractivity contribution in [2.45, 2.75) is 19.8 Å². The Morgan fingerprint density at radius 2 is 1.70 bits per heavy atom. The summed E-state index contributed by atoms with van der Waals surface area (Å²) in [6.07, 6.45) is 2.16. The van der Waals surface area contributed by atoms with E-state index in [0.29, 0.717) is 17.5 Å². The van der Waals surface area contributed by atoms with Gasteiger partial charge in [-0.2, -0.15) is 4.98 Å². The number of aromatic nitrogens is 2. The van der Waals surface area contributed by atoms with Crippen LogP contribution < -0.4 is 4.74 Å². The Morgan fingerprint density at radius 1 is 1.04 bits per heavy atom. The van der Waals surface area contributed by atoms with E-state index in [9.17, 15) is 4.79 Å². The third-order valence-corrected chi connectivity index (χ3v) is 4.66. The molecular formula is C21H21N3O3. The lowest BCUT2D eigenvalue weighted by Gasteiger charge is -2.15. The molecule has 6 nitrogen and oxygen atoms in total. The largest absolute Gasteiger partial charge is 0.484 e. The topological polar surface area (TPSA) is 68.5 Å². The van der Waals surface area contributed by atoms with E-state index in [0.717, 1.165) is 37.1 Å². The van der Waals surface area contributed by atoms with Crippen molar-refractivity contribution in [3.63, 3.8) is 0 Å². The van der Waals surface area contributed by atoms with E-state index in [2.05, 4.69) is 10.1 Å². The molecule has 0 spiro atoms. The second-order valence-electron chi connectivity index (χ2n) is 6.69. The van der Waals surface area contributed by atoms with Gasteiger partial charge in [0.05, 0.1) is 0 Å². The number of amides is 1. The van der Waals surface area contributed by atoms with Gasteiger partial charge < -0.3 is 14.2 Å². The third kappa shape index (κ3) is 4.00. The molecule has 27 heavy (non-hydrogen) atoms. The van der Waals surface area contributed by atoms with Gasteiger partial charge in [-0.3, -0.25) is 4.79 Å². The number of likely N-dealkylation sites (tertiary alicyclic amines) is 1. The Hall–Kier alpha value is -3.15. The van der Waals surface area contributed by atoms with Gasteiger partial charge in [-0.25, -0.2) is 0 Å². The summed E-state index contributed by atoms with van der Waals surface area (Å²) in [5.41, 5.74) is 2.90. The molecule has 6 heteroatoms. The molecule has 0 unspecified atom stereocenters. The summed E-state index contributed by atoms with van der Waals surface area (Å²) in [5.74, 6) is 1.69. The van der Waals surface area contributed by atoms with Crippen LogP contribution in [0.2, 0.25) is 0 Å². The van der Waals surface area contributed by atoms with Gasteiger partial charge in [0.25, 0.3) is 11.8 Å². The molecule has 0 saturated carbocycles. The van der Waals surface area contributed by atoms with E-state index in [1.165, 1.54) is 5.56 Å². The normalized spacial score (nSPS) is 13.7. The zero-order chi connectivity index (χ0) is 18.6. The number of aryl methyl sites for hydroxylation is 1. The van der Waals surface area contributed by atoms with Crippen LogP contribution in [0.15, 0.2) is 53.1 Å². The van der Waals surface area contributed by atoms with Crippen LogP contribution in [0.5, 0.6) is 5.75 Å². The van der Waals surface area contributed by atoms with Gasteiger partial charge in [-0.05, 0) is 44.0 Å². The zero-order valence-corrected chi connectivity index (χ0v) is 15.2. The molecule has 2 heterocycles. The Morgan fingerprint density at radius 3 is 2.41 bits per heavy atom. The average molecular weight is 363 g/mol. The van der Waals surface area contributed by atoms with Crippen LogP contribution in [0, 0.1) is 6.92 Å². The van der Waals surface area contributed by atoms with Crippen molar-refractivity contribution in [3.8, 4) is 28.6 Å². The number of benzene rings is 2. The van der Waals surface area contributed by atoms with E-state index in [1.54, 1.807) is 0 Å². The maximum absolute atomic E-state index is 12.0. The van der Waals surface area contributed by atoms with Gasteiger partial charge in [0, 0.05) is 24.2 Å². The molecule has 1 fully saturated rings. The van der Waals surface area contributed by atoms with Gasteiger partial charge in [-0.15, -0.1) is 0 Å². The average Bonchev–Trinajstić information content (AvgIpc) is 3.39. The molecule has 0 atom stereocenters. The minimum Gasteiger partial charge on any atom is -0.484 e. The van der Waals surface area contributed by atoms with Crippen LogP contribution in [-0.2, 0) is 4.79 Å². The first-order valence-electron chi connectivity index (χ1n) is 9.11. The van der Waals surface area contributed by atoms with Crippen molar-refractivity contribution in [1.82, 2.24) is 15.0 Å². The molecule has 0 radical (unpaired) electrons. The standard InChI is InChI=1S/C21H21N3O3/c1-15-4-6-16(7-5-15)20-22-21(27-23-20)17-8-10-18(11-9-17)26-14-19(25)24-12-2-3-13-24/h4-11H,2-3,12-14H2,1H3. The molecule has 3 aromatic rings. The predicted octanol–water partition coefficient (Wildman–Crippen LogP) is 3.71. The van der Waals surface area contributed by atoms with Crippen molar-refractivity contribution < 1.29 is 14.1 Å². The Bertz CT molecular complexity index is 911. The fraction of sp³-hybridized carbons (Fsp3) is 0.286. The number of hydrogen-bond acceptors (Lipinski definition) is 5. The molecule has 4 rings (SSSR count). The maximum Gasteiger partial charge on any atom is 0.260 e. The van der Waals surface area contributed by atoms with Crippen LogP contribution in [-0.4, -0.2) is 40.6 Å². The summed E-state index contributed by atoms with van der Waals surface area (Å²) in [6, 6.07) is 15.3. The lowest BCUT2D eigenvalue weighted by atomic mass is 10.1. The summed E-state index contributed by atoms with van der Waals surface area (Å²) in [5, 5.41) is 4.05. The number of carbonyl (C=O) groups is 1. The Kier molecular flexibility index (Phi) is 4.87. The zero-order valence-electron chi connectivity index (χ0n) is 15.2. The summed E-state index contributed by atoms with van der Waals surface area (Å²) in [7, 11) is 0. The smallest absolute Gasteiger partial charge is 0.260 e. The monoisotopic (exact) mass is 363 g/mol. The molecule has 1 aliphatic rings. The fourth-order valence-corrected chi connectivity index (χ4v) is 3.06. The minimum absolute atomic E-state index is 0.0382. The van der Waals surface area contributed by atoms with Crippen molar-refractivity contribution in [1.29, 1.82) is 0 Å². The SMILES string of the molecule is Cc1ccc(-c2noc(-c3ccc(OCC(=O)N4CCCC4)cc3)n2)cc1. The number of rotatable bonds is 5.